The zero-order valence-electron chi connectivity index (χ0n) is 16.1. The SMILES string of the molecule is CC(C)CC1CN(c2ccc(-c3cn[nH]c3)cc2C(=O)N(C)C)CCN1. The number of benzene rings is 1. The smallest absolute Gasteiger partial charge is 0.255 e. The molecule has 1 aliphatic rings. The van der Waals surface area contributed by atoms with Crippen LogP contribution < -0.4 is 10.2 Å². The fraction of sp³-hybridized carbons (Fsp3) is 0.500. The molecule has 26 heavy (non-hydrogen) atoms. The van der Waals surface area contributed by atoms with Crippen molar-refractivity contribution in [3.63, 3.8) is 0 Å². The van der Waals surface area contributed by atoms with Crippen LogP contribution in [0.5, 0.6) is 0 Å². The number of rotatable bonds is 5. The fourth-order valence-corrected chi connectivity index (χ4v) is 3.58. The van der Waals surface area contributed by atoms with Gasteiger partial charge in [0.05, 0.1) is 11.8 Å². The lowest BCUT2D eigenvalue weighted by Gasteiger charge is -2.37. The first kappa shape index (κ1) is 18.5. The first-order valence-corrected chi connectivity index (χ1v) is 9.29. The number of aromatic amines is 1. The van der Waals surface area contributed by atoms with Crippen LogP contribution in [-0.4, -0.2) is 60.8 Å². The number of hydrogen-bond donors (Lipinski definition) is 2. The van der Waals surface area contributed by atoms with Crippen LogP contribution in [0.15, 0.2) is 30.6 Å². The summed E-state index contributed by atoms with van der Waals surface area (Å²) in [5.41, 5.74) is 3.76. The minimum absolute atomic E-state index is 0.0317. The number of piperazine rings is 1. The van der Waals surface area contributed by atoms with E-state index in [0.717, 1.165) is 48.4 Å². The van der Waals surface area contributed by atoms with Crippen LogP contribution in [0.25, 0.3) is 11.1 Å². The molecule has 3 rings (SSSR count). The van der Waals surface area contributed by atoms with Crippen molar-refractivity contribution < 1.29 is 4.79 Å². The van der Waals surface area contributed by atoms with E-state index in [1.165, 1.54) is 0 Å². The highest BCUT2D eigenvalue weighted by Crippen LogP contribution is 2.29. The van der Waals surface area contributed by atoms with Crippen molar-refractivity contribution in [2.75, 3.05) is 38.6 Å². The van der Waals surface area contributed by atoms with Gasteiger partial charge in [-0.05, 0) is 30.0 Å². The number of hydrogen-bond acceptors (Lipinski definition) is 4. The molecule has 0 bridgehead atoms. The predicted molar refractivity (Wildman–Crippen MR) is 105 cm³/mol. The second-order valence-corrected chi connectivity index (χ2v) is 7.65. The quantitative estimate of drug-likeness (QED) is 0.865. The molecule has 0 spiro atoms. The van der Waals surface area contributed by atoms with Crippen molar-refractivity contribution >= 4 is 11.6 Å². The van der Waals surface area contributed by atoms with Gasteiger partial charge in [-0.2, -0.15) is 5.10 Å². The molecule has 1 saturated heterocycles. The minimum atomic E-state index is 0.0317. The fourth-order valence-electron chi connectivity index (χ4n) is 3.58. The highest BCUT2D eigenvalue weighted by atomic mass is 16.2. The summed E-state index contributed by atoms with van der Waals surface area (Å²) in [6, 6.07) is 6.60. The number of carbonyl (C=O) groups is 1. The summed E-state index contributed by atoms with van der Waals surface area (Å²) >= 11 is 0. The van der Waals surface area contributed by atoms with Crippen LogP contribution in [0, 0.1) is 5.92 Å². The molecule has 2 heterocycles. The monoisotopic (exact) mass is 355 g/mol. The van der Waals surface area contributed by atoms with Gasteiger partial charge < -0.3 is 15.1 Å². The van der Waals surface area contributed by atoms with Gasteiger partial charge in [0.15, 0.2) is 0 Å². The van der Waals surface area contributed by atoms with Gasteiger partial charge in [-0.25, -0.2) is 0 Å². The Morgan fingerprint density at radius 1 is 1.35 bits per heavy atom. The molecule has 140 valence electrons. The maximum absolute atomic E-state index is 12.8. The molecular weight excluding hydrogens is 326 g/mol. The Hall–Kier alpha value is -2.34. The molecule has 1 atom stereocenters. The summed E-state index contributed by atoms with van der Waals surface area (Å²) in [4.78, 5) is 16.8. The number of nitrogens with zero attached hydrogens (tertiary/aromatic N) is 3. The number of aromatic nitrogens is 2. The highest BCUT2D eigenvalue weighted by molar-refractivity contribution is 6.01. The number of amides is 1. The van der Waals surface area contributed by atoms with E-state index in [1.54, 1.807) is 25.2 Å². The predicted octanol–water partition coefficient (Wildman–Crippen LogP) is 2.60. The minimum Gasteiger partial charge on any atom is -0.368 e. The van der Waals surface area contributed by atoms with Gasteiger partial charge in [0.25, 0.3) is 5.91 Å². The van der Waals surface area contributed by atoms with E-state index < -0.39 is 0 Å². The molecule has 6 nitrogen and oxygen atoms in total. The first-order chi connectivity index (χ1) is 12.5. The Morgan fingerprint density at radius 2 is 2.15 bits per heavy atom. The Kier molecular flexibility index (Phi) is 5.61. The molecule has 1 fully saturated rings. The first-order valence-electron chi connectivity index (χ1n) is 9.29. The van der Waals surface area contributed by atoms with E-state index in [1.807, 2.05) is 12.3 Å². The summed E-state index contributed by atoms with van der Waals surface area (Å²) in [5, 5.41) is 10.5. The molecule has 0 aliphatic carbocycles. The van der Waals surface area contributed by atoms with Crippen molar-refractivity contribution in [1.29, 1.82) is 0 Å². The van der Waals surface area contributed by atoms with E-state index in [9.17, 15) is 4.79 Å². The second-order valence-electron chi connectivity index (χ2n) is 7.65. The lowest BCUT2D eigenvalue weighted by atomic mass is 9.99. The molecule has 1 aliphatic heterocycles. The van der Waals surface area contributed by atoms with Crippen molar-refractivity contribution in [2.45, 2.75) is 26.3 Å². The summed E-state index contributed by atoms with van der Waals surface area (Å²) in [6.07, 6.45) is 4.77. The average molecular weight is 355 g/mol. The van der Waals surface area contributed by atoms with Crippen molar-refractivity contribution in [3.05, 3.63) is 36.2 Å². The lowest BCUT2D eigenvalue weighted by molar-refractivity contribution is 0.0828. The molecule has 0 radical (unpaired) electrons. The number of carbonyl (C=O) groups excluding carboxylic acids is 1. The Bertz CT molecular complexity index is 739. The van der Waals surface area contributed by atoms with Gasteiger partial charge in [0.2, 0.25) is 0 Å². The van der Waals surface area contributed by atoms with Crippen LogP contribution in [0.2, 0.25) is 0 Å². The van der Waals surface area contributed by atoms with E-state index in [4.69, 9.17) is 0 Å². The van der Waals surface area contributed by atoms with Crippen LogP contribution in [-0.2, 0) is 0 Å². The van der Waals surface area contributed by atoms with E-state index in [0.29, 0.717) is 12.0 Å². The zero-order valence-corrected chi connectivity index (χ0v) is 16.1. The normalized spacial score (nSPS) is 17.6. The molecule has 2 aromatic rings. The molecule has 6 heteroatoms. The molecule has 1 amide bonds. The third kappa shape index (κ3) is 4.07. The molecule has 0 saturated carbocycles. The number of nitrogens with one attached hydrogen (secondary N) is 2. The van der Waals surface area contributed by atoms with Crippen molar-refractivity contribution in [3.8, 4) is 11.1 Å². The molecular formula is C20H29N5O. The summed E-state index contributed by atoms with van der Waals surface area (Å²) in [7, 11) is 3.60. The van der Waals surface area contributed by atoms with Crippen LogP contribution in [0.1, 0.15) is 30.6 Å². The van der Waals surface area contributed by atoms with Crippen LogP contribution in [0.4, 0.5) is 5.69 Å². The van der Waals surface area contributed by atoms with E-state index in [-0.39, 0.29) is 5.91 Å². The maximum atomic E-state index is 12.8. The standard InChI is InChI=1S/C20H29N5O/c1-14(2)9-17-13-25(8-7-21-17)19-6-5-15(16-11-22-23-12-16)10-18(19)20(26)24(3)4/h5-6,10-12,14,17,21H,7-9,13H2,1-4H3,(H,22,23). The highest BCUT2D eigenvalue weighted by Gasteiger charge is 2.24. The van der Waals surface area contributed by atoms with Gasteiger partial charge >= 0.3 is 0 Å². The summed E-state index contributed by atoms with van der Waals surface area (Å²) < 4.78 is 0. The molecule has 1 aromatic heterocycles. The van der Waals surface area contributed by atoms with E-state index in [2.05, 4.69) is 46.4 Å². The van der Waals surface area contributed by atoms with Crippen molar-refractivity contribution in [2.24, 2.45) is 5.92 Å². The Labute approximate surface area is 155 Å². The van der Waals surface area contributed by atoms with E-state index >= 15 is 0 Å². The number of anilines is 1. The van der Waals surface area contributed by atoms with Gasteiger partial charge in [-0.15, -0.1) is 0 Å². The topological polar surface area (TPSA) is 64.3 Å². The molecule has 2 N–H and O–H groups in total. The third-order valence-electron chi connectivity index (χ3n) is 4.82. The summed E-state index contributed by atoms with van der Waals surface area (Å²) in [6.45, 7) is 7.28. The Balaban J connectivity index is 1.93. The van der Waals surface area contributed by atoms with Gasteiger partial charge in [0, 0.05) is 57.2 Å². The zero-order chi connectivity index (χ0) is 18.7. The second kappa shape index (κ2) is 7.91. The van der Waals surface area contributed by atoms with Crippen molar-refractivity contribution in [1.82, 2.24) is 20.4 Å². The summed E-state index contributed by atoms with van der Waals surface area (Å²) in [5.74, 6) is 0.683. The van der Waals surface area contributed by atoms with Gasteiger partial charge in [-0.3, -0.25) is 9.89 Å². The molecule has 1 unspecified atom stereocenters. The lowest BCUT2D eigenvalue weighted by Crippen LogP contribution is -2.51. The molecule has 1 aromatic carbocycles. The third-order valence-corrected chi connectivity index (χ3v) is 4.82. The average Bonchev–Trinajstić information content (AvgIpc) is 3.15. The van der Waals surface area contributed by atoms with Crippen LogP contribution in [0.3, 0.4) is 0 Å². The Morgan fingerprint density at radius 3 is 2.81 bits per heavy atom. The van der Waals surface area contributed by atoms with Gasteiger partial charge in [0.1, 0.15) is 0 Å². The van der Waals surface area contributed by atoms with Crippen LogP contribution >= 0.6 is 0 Å². The number of H-pyrrole nitrogens is 1. The maximum Gasteiger partial charge on any atom is 0.255 e. The van der Waals surface area contributed by atoms with Gasteiger partial charge in [-0.1, -0.05) is 19.9 Å². The largest absolute Gasteiger partial charge is 0.368 e.